The predicted molar refractivity (Wildman–Crippen MR) is 117 cm³/mol. The van der Waals surface area contributed by atoms with E-state index in [1.54, 1.807) is 0 Å². The maximum Gasteiger partial charge on any atom is 0.238 e. The van der Waals surface area contributed by atoms with Gasteiger partial charge >= 0.3 is 0 Å². The van der Waals surface area contributed by atoms with E-state index in [4.69, 9.17) is 9.41 Å². The lowest BCUT2D eigenvalue weighted by Gasteiger charge is -2.36. The van der Waals surface area contributed by atoms with E-state index in [9.17, 15) is 0 Å². The van der Waals surface area contributed by atoms with Crippen molar-refractivity contribution in [2.24, 2.45) is 0 Å². The molecular weight excluding hydrogens is 374 g/mol. The molecular formula is C24H25N3OSi. The summed E-state index contributed by atoms with van der Waals surface area (Å²) in [5.41, 5.74) is 3.96. The number of hydrogen-bond acceptors (Lipinski definition) is 3. The van der Waals surface area contributed by atoms with Gasteiger partial charge in [-0.3, -0.25) is 4.98 Å². The van der Waals surface area contributed by atoms with Crippen LogP contribution in [0.3, 0.4) is 0 Å². The van der Waals surface area contributed by atoms with Crippen LogP contribution in [0.5, 0.6) is 0 Å². The maximum atomic E-state index is 6.84. The Balaban J connectivity index is 1.99. The van der Waals surface area contributed by atoms with Crippen LogP contribution in [0, 0.1) is 6.92 Å². The van der Waals surface area contributed by atoms with Gasteiger partial charge in [0.2, 0.25) is 9.76 Å². The van der Waals surface area contributed by atoms with Crippen molar-refractivity contribution in [3.8, 4) is 0 Å². The van der Waals surface area contributed by atoms with Crippen LogP contribution in [-0.4, -0.2) is 24.1 Å². The highest BCUT2D eigenvalue weighted by Gasteiger charge is 2.40. The predicted octanol–water partition coefficient (Wildman–Crippen LogP) is 5.18. The fraction of sp³-hybridized carbons (Fsp3) is 0.250. The molecule has 0 unspecified atom stereocenters. The average molecular weight is 400 g/mol. The molecule has 0 atom stereocenters. The van der Waals surface area contributed by atoms with E-state index in [1.165, 1.54) is 0 Å². The summed E-state index contributed by atoms with van der Waals surface area (Å²) < 4.78 is 8.87. The summed E-state index contributed by atoms with van der Waals surface area (Å²) in [5.74, 6) is 0. The molecule has 0 bridgehead atoms. The minimum Gasteiger partial charge on any atom is -0.398 e. The van der Waals surface area contributed by atoms with Gasteiger partial charge in [-0.25, -0.2) is 4.98 Å². The minimum absolute atomic E-state index is 0.0322. The Labute approximate surface area is 174 Å². The van der Waals surface area contributed by atoms with Gasteiger partial charge in [0.25, 0.3) is 0 Å². The number of rotatable bonds is 5. The Morgan fingerprint density at radius 2 is 1.45 bits per heavy atom. The zero-order chi connectivity index (χ0) is 20.5. The fourth-order valence-corrected chi connectivity index (χ4v) is 4.22. The first kappa shape index (κ1) is 19.5. The molecule has 5 heteroatoms. The first-order valence-electron chi connectivity index (χ1n) is 9.76. The standard InChI is InChI=1S/C24H25N3OSi/c1-18-16-27-17-21(25-15-22(27)26-18)24(28-29-23(2,3)4,19-11-7-5-8-12-19)20-13-9-6-10-14-20/h5-17H,1-4H3. The van der Waals surface area contributed by atoms with Gasteiger partial charge < -0.3 is 8.83 Å². The third-order valence-corrected chi connectivity index (χ3v) is 5.71. The van der Waals surface area contributed by atoms with Crippen molar-refractivity contribution in [3.63, 3.8) is 0 Å². The summed E-state index contributed by atoms with van der Waals surface area (Å²) in [6.45, 7) is 8.58. The normalized spacial score (nSPS) is 12.4. The summed E-state index contributed by atoms with van der Waals surface area (Å²) in [7, 11) is 0.287. The van der Waals surface area contributed by atoms with Gasteiger partial charge in [0.1, 0.15) is 0 Å². The fourth-order valence-electron chi connectivity index (χ4n) is 3.42. The van der Waals surface area contributed by atoms with Crippen molar-refractivity contribution in [3.05, 3.63) is 102 Å². The van der Waals surface area contributed by atoms with Crippen LogP contribution in [0.1, 0.15) is 43.3 Å². The van der Waals surface area contributed by atoms with Crippen LogP contribution < -0.4 is 0 Å². The van der Waals surface area contributed by atoms with Gasteiger partial charge in [-0.1, -0.05) is 81.4 Å². The Morgan fingerprint density at radius 3 is 2.00 bits per heavy atom. The minimum atomic E-state index is -0.805. The molecule has 146 valence electrons. The van der Waals surface area contributed by atoms with E-state index in [-0.39, 0.29) is 14.8 Å². The third kappa shape index (κ3) is 3.88. The number of hydrogen-bond donors (Lipinski definition) is 0. The molecule has 0 amide bonds. The van der Waals surface area contributed by atoms with Crippen molar-refractivity contribution in [2.75, 3.05) is 0 Å². The summed E-state index contributed by atoms with van der Waals surface area (Å²) in [6.07, 6.45) is 5.89. The summed E-state index contributed by atoms with van der Waals surface area (Å²) >= 11 is 0. The van der Waals surface area contributed by atoms with Gasteiger partial charge in [-0.05, 0) is 23.1 Å². The molecule has 4 rings (SSSR count). The van der Waals surface area contributed by atoms with Crippen LogP contribution in [0.25, 0.3) is 5.65 Å². The van der Waals surface area contributed by atoms with Gasteiger partial charge in [-0.2, -0.15) is 0 Å². The topological polar surface area (TPSA) is 39.4 Å². The summed E-state index contributed by atoms with van der Waals surface area (Å²) in [6, 6.07) is 20.7. The highest BCUT2D eigenvalue weighted by atomic mass is 28.2. The van der Waals surface area contributed by atoms with Crippen molar-refractivity contribution in [1.82, 2.24) is 14.4 Å². The molecule has 0 N–H and O–H groups in total. The molecule has 0 fully saturated rings. The number of benzene rings is 2. The summed E-state index contributed by atoms with van der Waals surface area (Å²) in [5, 5.41) is 0.0322. The largest absolute Gasteiger partial charge is 0.398 e. The van der Waals surface area contributed by atoms with Crippen LogP contribution >= 0.6 is 0 Å². The average Bonchev–Trinajstić information content (AvgIpc) is 3.09. The Morgan fingerprint density at radius 1 is 0.862 bits per heavy atom. The highest BCUT2D eigenvalue weighted by molar-refractivity contribution is 6.32. The van der Waals surface area contributed by atoms with Gasteiger partial charge in [0, 0.05) is 12.4 Å². The molecule has 0 aliphatic carbocycles. The SMILES string of the molecule is Cc1cn2cc(C(O[Si]C(C)(C)C)(c3ccccc3)c3ccccc3)ncc2n1. The van der Waals surface area contributed by atoms with E-state index in [1.807, 2.05) is 42.0 Å². The van der Waals surface area contributed by atoms with Gasteiger partial charge in [0.15, 0.2) is 11.2 Å². The Kier molecular flexibility index (Phi) is 5.11. The van der Waals surface area contributed by atoms with Crippen molar-refractivity contribution >= 4 is 15.4 Å². The monoisotopic (exact) mass is 399 g/mol. The van der Waals surface area contributed by atoms with Crippen LogP contribution in [0.15, 0.2) is 79.3 Å². The second-order valence-corrected chi connectivity index (χ2v) is 10.2. The molecule has 0 aliphatic heterocycles. The van der Waals surface area contributed by atoms with Gasteiger partial charge in [0.05, 0.1) is 17.6 Å². The van der Waals surface area contributed by atoms with Crippen LogP contribution in [0.2, 0.25) is 5.04 Å². The first-order chi connectivity index (χ1) is 13.9. The zero-order valence-electron chi connectivity index (χ0n) is 17.3. The number of aromatic nitrogens is 3. The summed E-state index contributed by atoms with van der Waals surface area (Å²) in [4.78, 5) is 9.37. The Bertz CT molecular complexity index is 1060. The van der Waals surface area contributed by atoms with E-state index < -0.39 is 5.60 Å². The van der Waals surface area contributed by atoms with Crippen LogP contribution in [-0.2, 0) is 10.0 Å². The molecule has 0 aliphatic rings. The third-order valence-electron chi connectivity index (χ3n) is 4.69. The second kappa shape index (κ2) is 7.58. The first-order valence-corrected chi connectivity index (χ1v) is 10.7. The molecule has 2 aromatic heterocycles. The zero-order valence-corrected chi connectivity index (χ0v) is 18.3. The molecule has 4 aromatic rings. The number of aryl methyl sites for hydroxylation is 1. The molecule has 2 radical (unpaired) electrons. The maximum absolute atomic E-state index is 6.84. The van der Waals surface area contributed by atoms with Crippen molar-refractivity contribution < 1.29 is 4.43 Å². The molecule has 0 saturated carbocycles. The lowest BCUT2D eigenvalue weighted by atomic mass is 9.83. The quantitative estimate of drug-likeness (QED) is 0.434. The molecule has 2 aromatic carbocycles. The van der Waals surface area contributed by atoms with E-state index in [0.717, 1.165) is 28.2 Å². The second-order valence-electron chi connectivity index (χ2n) is 8.29. The Hall–Kier alpha value is -2.76. The molecule has 0 spiro atoms. The molecule has 29 heavy (non-hydrogen) atoms. The molecule has 2 heterocycles. The number of fused-ring (bicyclic) bond motifs is 1. The van der Waals surface area contributed by atoms with Crippen molar-refractivity contribution in [2.45, 2.75) is 38.3 Å². The highest BCUT2D eigenvalue weighted by Crippen LogP contribution is 2.41. The molecule has 0 saturated heterocycles. The lowest BCUT2D eigenvalue weighted by Crippen LogP contribution is -2.37. The van der Waals surface area contributed by atoms with Crippen LogP contribution in [0.4, 0.5) is 0 Å². The number of nitrogens with zero attached hydrogens (tertiary/aromatic N) is 3. The number of imidazole rings is 1. The smallest absolute Gasteiger partial charge is 0.238 e. The van der Waals surface area contributed by atoms with E-state index in [2.05, 4.69) is 74.3 Å². The van der Waals surface area contributed by atoms with E-state index in [0.29, 0.717) is 0 Å². The van der Waals surface area contributed by atoms with E-state index >= 15 is 0 Å². The molecule has 4 nitrogen and oxygen atoms in total. The lowest BCUT2D eigenvalue weighted by molar-refractivity contribution is 0.151. The van der Waals surface area contributed by atoms with Crippen molar-refractivity contribution in [1.29, 1.82) is 0 Å². The van der Waals surface area contributed by atoms with Gasteiger partial charge in [-0.15, -0.1) is 0 Å².